The van der Waals surface area contributed by atoms with Crippen LogP contribution < -0.4 is 10.1 Å². The highest BCUT2D eigenvalue weighted by molar-refractivity contribution is 8.21. The maximum atomic E-state index is 12.3. The van der Waals surface area contributed by atoms with E-state index in [4.69, 9.17) is 16.3 Å². The topological polar surface area (TPSA) is 38.3 Å². The Labute approximate surface area is 132 Å². The predicted octanol–water partition coefficient (Wildman–Crippen LogP) is 4.32. The van der Waals surface area contributed by atoms with Crippen molar-refractivity contribution in [1.29, 1.82) is 0 Å². The lowest BCUT2D eigenvalue weighted by Gasteiger charge is -2.11. The number of anilines is 1. The van der Waals surface area contributed by atoms with E-state index in [1.54, 1.807) is 31.4 Å². The molecule has 1 aromatic rings. The van der Waals surface area contributed by atoms with Gasteiger partial charge in [-0.15, -0.1) is 23.5 Å². The van der Waals surface area contributed by atoms with E-state index in [0.29, 0.717) is 11.3 Å². The second-order valence-electron chi connectivity index (χ2n) is 3.66. The quantitative estimate of drug-likeness (QED) is 0.623. The first-order valence-electron chi connectivity index (χ1n) is 5.66. The summed E-state index contributed by atoms with van der Waals surface area (Å²) in [5, 5.41) is 3.03. The van der Waals surface area contributed by atoms with E-state index in [1.165, 1.54) is 23.5 Å². The molecule has 0 aliphatic heterocycles. The van der Waals surface area contributed by atoms with Crippen molar-refractivity contribution in [3.8, 4) is 5.75 Å². The van der Waals surface area contributed by atoms with Gasteiger partial charge in [-0.3, -0.25) is 4.79 Å². The van der Waals surface area contributed by atoms with Gasteiger partial charge in [-0.25, -0.2) is 0 Å². The van der Waals surface area contributed by atoms with Crippen LogP contribution in [0.2, 0.25) is 0 Å². The molecule has 0 heterocycles. The van der Waals surface area contributed by atoms with Gasteiger partial charge in [0.25, 0.3) is 5.91 Å². The summed E-state index contributed by atoms with van der Waals surface area (Å²) in [6, 6.07) is 7.09. The van der Waals surface area contributed by atoms with E-state index in [9.17, 15) is 4.79 Å². The van der Waals surface area contributed by atoms with E-state index >= 15 is 0 Å². The van der Waals surface area contributed by atoms with Crippen molar-refractivity contribution in [3.63, 3.8) is 0 Å². The van der Waals surface area contributed by atoms with Gasteiger partial charge >= 0.3 is 0 Å². The molecule has 0 fully saturated rings. The summed E-state index contributed by atoms with van der Waals surface area (Å²) in [4.78, 5) is 12.3. The smallest absolute Gasteiger partial charge is 0.258 e. The van der Waals surface area contributed by atoms with Gasteiger partial charge in [-0.05, 0) is 36.8 Å². The standard InChI is InChI=1S/C14H16ClNO2S2/c1-9(15)12(14(19-3)20-4)13(17)16-10-5-7-11(18-2)8-6-10/h5-8H,1H2,2-4H3,(H,16,17). The van der Waals surface area contributed by atoms with Crippen molar-refractivity contribution >= 4 is 46.7 Å². The number of rotatable bonds is 6. The summed E-state index contributed by atoms with van der Waals surface area (Å²) in [7, 11) is 1.59. The normalized spacial score (nSPS) is 9.80. The lowest BCUT2D eigenvalue weighted by molar-refractivity contribution is -0.112. The Morgan fingerprint density at radius 1 is 1.25 bits per heavy atom. The summed E-state index contributed by atoms with van der Waals surface area (Å²) in [6.45, 7) is 3.66. The molecule has 0 bridgehead atoms. The van der Waals surface area contributed by atoms with Gasteiger partial charge in [0.1, 0.15) is 5.75 Å². The van der Waals surface area contributed by atoms with Crippen molar-refractivity contribution in [2.75, 3.05) is 24.9 Å². The number of halogens is 1. The molecular weight excluding hydrogens is 314 g/mol. The number of benzene rings is 1. The molecule has 1 amide bonds. The summed E-state index contributed by atoms with van der Waals surface area (Å²) in [5.74, 6) is 0.461. The maximum absolute atomic E-state index is 12.3. The van der Waals surface area contributed by atoms with Crippen molar-refractivity contribution in [1.82, 2.24) is 0 Å². The van der Waals surface area contributed by atoms with E-state index in [0.717, 1.165) is 9.99 Å². The van der Waals surface area contributed by atoms with Crippen molar-refractivity contribution in [2.45, 2.75) is 0 Å². The molecule has 0 saturated heterocycles. The highest BCUT2D eigenvalue weighted by Gasteiger charge is 2.17. The maximum Gasteiger partial charge on any atom is 0.258 e. The molecule has 0 aliphatic carbocycles. The molecule has 20 heavy (non-hydrogen) atoms. The third-order valence-corrected chi connectivity index (χ3v) is 4.76. The Bertz CT molecular complexity index is 520. The van der Waals surface area contributed by atoms with E-state index in [2.05, 4.69) is 11.9 Å². The predicted molar refractivity (Wildman–Crippen MR) is 90.7 cm³/mol. The number of ether oxygens (including phenoxy) is 1. The number of thioether (sulfide) groups is 2. The van der Waals surface area contributed by atoms with Gasteiger partial charge in [0.2, 0.25) is 0 Å². The number of nitrogens with one attached hydrogen (secondary N) is 1. The van der Waals surface area contributed by atoms with Crippen LogP contribution in [-0.2, 0) is 4.79 Å². The molecule has 3 nitrogen and oxygen atoms in total. The van der Waals surface area contributed by atoms with Gasteiger partial charge in [0.05, 0.1) is 16.9 Å². The molecule has 0 saturated carbocycles. The lowest BCUT2D eigenvalue weighted by atomic mass is 10.2. The van der Waals surface area contributed by atoms with Gasteiger partial charge in [-0.2, -0.15) is 0 Å². The second-order valence-corrected chi connectivity index (χ2v) is 6.01. The molecule has 1 aromatic carbocycles. The summed E-state index contributed by atoms with van der Waals surface area (Å²) in [5.41, 5.74) is 1.08. The molecule has 6 heteroatoms. The highest BCUT2D eigenvalue weighted by atomic mass is 35.5. The first-order chi connectivity index (χ1) is 9.53. The molecule has 108 valence electrons. The van der Waals surface area contributed by atoms with Gasteiger partial charge in [0, 0.05) is 10.7 Å². The van der Waals surface area contributed by atoms with Crippen molar-refractivity contribution < 1.29 is 9.53 Å². The van der Waals surface area contributed by atoms with Gasteiger partial charge in [0.15, 0.2) is 0 Å². The zero-order valence-electron chi connectivity index (χ0n) is 11.5. The van der Waals surface area contributed by atoms with Crippen LogP contribution in [-0.4, -0.2) is 25.5 Å². The average molecular weight is 330 g/mol. The van der Waals surface area contributed by atoms with Crippen molar-refractivity contribution in [3.05, 3.63) is 45.7 Å². The monoisotopic (exact) mass is 329 g/mol. The van der Waals surface area contributed by atoms with Crippen LogP contribution >= 0.6 is 35.1 Å². The average Bonchev–Trinajstić information content (AvgIpc) is 2.44. The SMILES string of the molecule is C=C(Cl)C(C(=O)Nc1ccc(OC)cc1)=C(SC)SC. The minimum Gasteiger partial charge on any atom is -0.497 e. The number of hydrogen-bond donors (Lipinski definition) is 1. The zero-order valence-corrected chi connectivity index (χ0v) is 13.9. The zero-order chi connectivity index (χ0) is 15.1. The number of methoxy groups -OCH3 is 1. The number of hydrogen-bond acceptors (Lipinski definition) is 4. The largest absolute Gasteiger partial charge is 0.497 e. The Balaban J connectivity index is 2.97. The molecule has 0 spiro atoms. The van der Waals surface area contributed by atoms with Crippen LogP contribution in [0.1, 0.15) is 0 Å². The first-order valence-corrected chi connectivity index (χ1v) is 8.48. The minimum atomic E-state index is -0.270. The summed E-state index contributed by atoms with van der Waals surface area (Å²) in [6.07, 6.45) is 3.79. The van der Waals surface area contributed by atoms with E-state index in [1.807, 2.05) is 12.5 Å². The molecule has 0 aliphatic rings. The number of carbonyl (C=O) groups is 1. The van der Waals surface area contributed by atoms with Crippen LogP contribution in [0.5, 0.6) is 5.75 Å². The molecular formula is C14H16ClNO2S2. The fourth-order valence-corrected chi connectivity index (χ4v) is 3.28. The van der Waals surface area contributed by atoms with E-state index < -0.39 is 0 Å². The Kier molecular flexibility index (Phi) is 7.05. The molecule has 1 N–H and O–H groups in total. The number of amides is 1. The third-order valence-electron chi connectivity index (χ3n) is 2.42. The molecule has 0 atom stereocenters. The van der Waals surface area contributed by atoms with Crippen LogP contribution in [0.25, 0.3) is 0 Å². The second kappa shape index (κ2) is 8.29. The summed E-state index contributed by atoms with van der Waals surface area (Å²) >= 11 is 8.88. The third kappa shape index (κ3) is 4.51. The minimum absolute atomic E-state index is 0.231. The fourth-order valence-electron chi connectivity index (χ4n) is 1.48. The molecule has 0 radical (unpaired) electrons. The van der Waals surface area contributed by atoms with Gasteiger partial charge < -0.3 is 10.1 Å². The first kappa shape index (κ1) is 17.0. The van der Waals surface area contributed by atoms with Crippen LogP contribution in [0, 0.1) is 0 Å². The molecule has 1 rings (SSSR count). The fraction of sp³-hybridized carbons (Fsp3) is 0.214. The Hall–Kier alpha value is -1.04. The Morgan fingerprint density at radius 2 is 1.80 bits per heavy atom. The van der Waals surface area contributed by atoms with Crippen LogP contribution in [0.4, 0.5) is 5.69 Å². The van der Waals surface area contributed by atoms with E-state index in [-0.39, 0.29) is 10.9 Å². The number of carbonyl (C=O) groups excluding carboxylic acids is 1. The highest BCUT2D eigenvalue weighted by Crippen LogP contribution is 2.32. The molecule has 0 unspecified atom stereocenters. The van der Waals surface area contributed by atoms with Crippen LogP contribution in [0.15, 0.2) is 45.7 Å². The lowest BCUT2D eigenvalue weighted by Crippen LogP contribution is -2.15. The Morgan fingerprint density at radius 3 is 2.20 bits per heavy atom. The van der Waals surface area contributed by atoms with Crippen LogP contribution in [0.3, 0.4) is 0 Å². The summed E-state index contributed by atoms with van der Waals surface area (Å²) < 4.78 is 5.90. The molecule has 0 aromatic heterocycles. The van der Waals surface area contributed by atoms with Gasteiger partial charge in [-0.1, -0.05) is 18.2 Å². The van der Waals surface area contributed by atoms with Crippen molar-refractivity contribution in [2.24, 2.45) is 0 Å².